The van der Waals surface area contributed by atoms with E-state index in [0.29, 0.717) is 5.56 Å². The lowest BCUT2D eigenvalue weighted by atomic mass is 10.1. The maximum absolute atomic E-state index is 12.5. The lowest BCUT2D eigenvalue weighted by Crippen LogP contribution is -2.47. The van der Waals surface area contributed by atoms with Gasteiger partial charge in [0.1, 0.15) is 0 Å². The summed E-state index contributed by atoms with van der Waals surface area (Å²) in [6.07, 6.45) is 0.799. The van der Waals surface area contributed by atoms with Crippen LogP contribution in [0.25, 0.3) is 10.9 Å². The Labute approximate surface area is 136 Å². The number of nitrogens with one attached hydrogen (secondary N) is 1. The lowest BCUT2D eigenvalue weighted by Gasteiger charge is -2.32. The van der Waals surface area contributed by atoms with Crippen molar-refractivity contribution in [3.63, 3.8) is 0 Å². The molecule has 1 heterocycles. The molecule has 1 atom stereocenters. The number of nitrogens with zero attached hydrogens (tertiary/aromatic N) is 1. The molecule has 0 radical (unpaired) electrons. The zero-order chi connectivity index (χ0) is 17.1. The third-order valence-electron chi connectivity index (χ3n) is 3.81. The number of hydrogen-bond acceptors (Lipinski definition) is 3. The third kappa shape index (κ3) is 3.55. The summed E-state index contributed by atoms with van der Waals surface area (Å²) >= 11 is 0. The van der Waals surface area contributed by atoms with E-state index in [9.17, 15) is 9.59 Å². The maximum Gasteiger partial charge on any atom is 0.341 e. The van der Waals surface area contributed by atoms with Gasteiger partial charge in [-0.25, -0.2) is 4.79 Å². The Morgan fingerprint density at radius 1 is 1.04 bits per heavy atom. The number of aromatic amines is 1. The fraction of sp³-hybridized carbons (Fsp3) is 0.444. The molecule has 1 aromatic carbocycles. The Kier molecular flexibility index (Phi) is 5.08. The summed E-state index contributed by atoms with van der Waals surface area (Å²) in [6, 6.07) is 7.60. The van der Waals surface area contributed by atoms with Crippen molar-refractivity contribution in [2.24, 2.45) is 0 Å². The van der Waals surface area contributed by atoms with E-state index in [4.69, 9.17) is 4.74 Å². The van der Waals surface area contributed by atoms with E-state index < -0.39 is 12.1 Å². The number of aromatic nitrogens is 1. The number of H-pyrrole nitrogens is 1. The Hall–Kier alpha value is -2.30. The minimum absolute atomic E-state index is 0.0525. The van der Waals surface area contributed by atoms with Gasteiger partial charge in [0.15, 0.2) is 6.10 Å². The summed E-state index contributed by atoms with van der Waals surface area (Å²) in [7, 11) is 0. The average molecular weight is 316 g/mol. The van der Waals surface area contributed by atoms with E-state index in [1.807, 2.05) is 52.0 Å². The molecule has 0 fully saturated rings. The second kappa shape index (κ2) is 6.86. The number of carbonyl (C=O) groups excluding carboxylic acids is 2. The largest absolute Gasteiger partial charge is 0.449 e. The molecule has 0 saturated carbocycles. The fourth-order valence-corrected chi connectivity index (χ4v) is 2.83. The molecule has 2 aromatic rings. The molecule has 1 aromatic heterocycles. The summed E-state index contributed by atoms with van der Waals surface area (Å²) in [5.74, 6) is -0.668. The second-order valence-electron chi connectivity index (χ2n) is 6.23. The first-order valence-electron chi connectivity index (χ1n) is 7.92. The normalized spacial score (nSPS) is 12.7. The van der Waals surface area contributed by atoms with Crippen LogP contribution in [-0.4, -0.2) is 39.9 Å². The Balaban J connectivity index is 2.14. The highest BCUT2D eigenvalue weighted by Gasteiger charge is 2.28. The Morgan fingerprint density at radius 3 is 2.26 bits per heavy atom. The highest BCUT2D eigenvalue weighted by atomic mass is 16.5. The van der Waals surface area contributed by atoms with Gasteiger partial charge < -0.3 is 14.6 Å². The van der Waals surface area contributed by atoms with E-state index in [0.717, 1.165) is 10.9 Å². The Bertz CT molecular complexity index is 695. The molecular weight excluding hydrogens is 292 g/mol. The van der Waals surface area contributed by atoms with Crippen LogP contribution in [0.3, 0.4) is 0 Å². The molecule has 5 heteroatoms. The van der Waals surface area contributed by atoms with Crippen molar-refractivity contribution < 1.29 is 14.3 Å². The molecule has 0 saturated heterocycles. The summed E-state index contributed by atoms with van der Waals surface area (Å²) in [5, 5.41) is 0.793. The van der Waals surface area contributed by atoms with Gasteiger partial charge in [0.2, 0.25) is 0 Å². The third-order valence-corrected chi connectivity index (χ3v) is 3.81. The van der Waals surface area contributed by atoms with Crippen molar-refractivity contribution in [1.29, 1.82) is 0 Å². The summed E-state index contributed by atoms with van der Waals surface area (Å²) in [5.41, 5.74) is 1.31. The van der Waals surface area contributed by atoms with Crippen molar-refractivity contribution >= 4 is 22.8 Å². The van der Waals surface area contributed by atoms with Crippen LogP contribution < -0.4 is 0 Å². The number of rotatable bonds is 5. The number of amides is 1. The predicted molar refractivity (Wildman–Crippen MR) is 90.3 cm³/mol. The summed E-state index contributed by atoms with van der Waals surface area (Å²) < 4.78 is 5.40. The van der Waals surface area contributed by atoms with Gasteiger partial charge in [0.05, 0.1) is 5.56 Å². The monoisotopic (exact) mass is 316 g/mol. The molecule has 0 aliphatic rings. The molecule has 1 N–H and O–H groups in total. The van der Waals surface area contributed by atoms with Crippen molar-refractivity contribution in [1.82, 2.24) is 9.88 Å². The highest BCUT2D eigenvalue weighted by Crippen LogP contribution is 2.19. The van der Waals surface area contributed by atoms with Crippen LogP contribution >= 0.6 is 0 Å². The molecular formula is C18H24N2O3. The maximum atomic E-state index is 12.5. The van der Waals surface area contributed by atoms with Crippen LogP contribution in [0.4, 0.5) is 0 Å². The molecule has 5 nitrogen and oxygen atoms in total. The van der Waals surface area contributed by atoms with Crippen molar-refractivity contribution in [3.8, 4) is 0 Å². The molecule has 0 spiro atoms. The zero-order valence-electron chi connectivity index (χ0n) is 14.3. The number of carbonyl (C=O) groups is 2. The van der Waals surface area contributed by atoms with E-state index in [2.05, 4.69) is 4.98 Å². The van der Waals surface area contributed by atoms with Crippen LogP contribution in [0.5, 0.6) is 0 Å². The topological polar surface area (TPSA) is 62.4 Å². The minimum atomic E-state index is -0.819. The molecule has 0 aliphatic heterocycles. The minimum Gasteiger partial charge on any atom is -0.449 e. The van der Waals surface area contributed by atoms with Gasteiger partial charge in [0, 0.05) is 29.2 Å². The van der Waals surface area contributed by atoms with Gasteiger partial charge in [0.25, 0.3) is 5.91 Å². The van der Waals surface area contributed by atoms with Gasteiger partial charge in [-0.15, -0.1) is 0 Å². The second-order valence-corrected chi connectivity index (χ2v) is 6.23. The molecule has 0 bridgehead atoms. The zero-order valence-corrected chi connectivity index (χ0v) is 14.3. The summed E-state index contributed by atoms with van der Waals surface area (Å²) in [4.78, 5) is 29.7. The SMILES string of the molecule is CC(C)N(C(=O)[C@@H](C)OC(=O)c1c[nH]c2ccccc12)C(C)C. The Morgan fingerprint density at radius 2 is 1.65 bits per heavy atom. The smallest absolute Gasteiger partial charge is 0.341 e. The quantitative estimate of drug-likeness (QED) is 0.860. The highest BCUT2D eigenvalue weighted by molar-refractivity contribution is 6.04. The predicted octanol–water partition coefficient (Wildman–Crippen LogP) is 3.36. The molecule has 2 rings (SSSR count). The standard InChI is InChI=1S/C18H24N2O3/c1-11(2)20(12(3)4)17(21)13(5)23-18(22)15-10-19-16-9-7-6-8-14(15)16/h6-13,19H,1-5H3/t13-/m1/s1. The van der Waals surface area contributed by atoms with Gasteiger partial charge in [-0.3, -0.25) is 4.79 Å². The van der Waals surface area contributed by atoms with E-state index in [1.165, 1.54) is 0 Å². The average Bonchev–Trinajstić information content (AvgIpc) is 2.90. The van der Waals surface area contributed by atoms with Crippen molar-refractivity contribution in [2.45, 2.75) is 52.8 Å². The number of fused-ring (bicyclic) bond motifs is 1. The molecule has 0 unspecified atom stereocenters. The van der Waals surface area contributed by atoms with Crippen LogP contribution in [-0.2, 0) is 9.53 Å². The van der Waals surface area contributed by atoms with E-state index >= 15 is 0 Å². The van der Waals surface area contributed by atoms with Crippen LogP contribution in [0.2, 0.25) is 0 Å². The summed E-state index contributed by atoms with van der Waals surface area (Å²) in [6.45, 7) is 9.42. The fourth-order valence-electron chi connectivity index (χ4n) is 2.83. The molecule has 124 valence electrons. The number of benzene rings is 1. The van der Waals surface area contributed by atoms with Crippen LogP contribution in [0, 0.1) is 0 Å². The lowest BCUT2D eigenvalue weighted by molar-refractivity contribution is -0.143. The first-order valence-corrected chi connectivity index (χ1v) is 7.92. The first kappa shape index (κ1) is 17.1. The van der Waals surface area contributed by atoms with E-state index in [-0.39, 0.29) is 18.0 Å². The molecule has 23 heavy (non-hydrogen) atoms. The van der Waals surface area contributed by atoms with Gasteiger partial charge in [-0.1, -0.05) is 18.2 Å². The number of esters is 1. The van der Waals surface area contributed by atoms with Gasteiger partial charge >= 0.3 is 5.97 Å². The number of para-hydroxylation sites is 1. The first-order chi connectivity index (χ1) is 10.8. The number of ether oxygens (including phenoxy) is 1. The van der Waals surface area contributed by atoms with Crippen molar-refractivity contribution in [2.75, 3.05) is 0 Å². The van der Waals surface area contributed by atoms with Crippen molar-refractivity contribution in [3.05, 3.63) is 36.0 Å². The van der Waals surface area contributed by atoms with Gasteiger partial charge in [-0.05, 0) is 40.7 Å². The van der Waals surface area contributed by atoms with Crippen LogP contribution in [0.1, 0.15) is 45.0 Å². The van der Waals surface area contributed by atoms with Crippen LogP contribution in [0.15, 0.2) is 30.5 Å². The molecule has 0 aliphatic carbocycles. The molecule has 1 amide bonds. The van der Waals surface area contributed by atoms with E-state index in [1.54, 1.807) is 18.0 Å². The van der Waals surface area contributed by atoms with Gasteiger partial charge in [-0.2, -0.15) is 0 Å². The number of hydrogen-bond donors (Lipinski definition) is 1.